The summed E-state index contributed by atoms with van der Waals surface area (Å²) in [5.74, 6) is -1.84. The average molecular weight is 258 g/mol. The summed E-state index contributed by atoms with van der Waals surface area (Å²) in [5, 5.41) is 29.4. The van der Waals surface area contributed by atoms with Gasteiger partial charge in [0.2, 0.25) is 0 Å². The smallest absolute Gasteiger partial charge is 0.272 e. The fourth-order valence-electron chi connectivity index (χ4n) is 1.47. The van der Waals surface area contributed by atoms with E-state index in [-0.39, 0.29) is 12.2 Å². The second-order valence-corrected chi connectivity index (χ2v) is 4.75. The maximum atomic E-state index is 13.4. The summed E-state index contributed by atoms with van der Waals surface area (Å²) in [6.45, 7) is 2.90. The maximum Gasteiger partial charge on any atom is 0.272 e. The molecule has 0 aliphatic rings. The number of hydrogen-bond donors (Lipinski definition) is 3. The van der Waals surface area contributed by atoms with Crippen LogP contribution in [0, 0.1) is 21.3 Å². The molecule has 0 radical (unpaired) electrons. The number of nitro groups is 1. The Morgan fingerprint density at radius 1 is 1.56 bits per heavy atom. The summed E-state index contributed by atoms with van der Waals surface area (Å²) in [6, 6.07) is 0.703. The van der Waals surface area contributed by atoms with Crippen molar-refractivity contribution in [1.29, 1.82) is 0 Å². The number of aliphatic hydroxyl groups excluding tert-OH is 1. The zero-order chi connectivity index (χ0) is 14.1. The van der Waals surface area contributed by atoms with Crippen molar-refractivity contribution in [3.8, 4) is 5.75 Å². The molecule has 7 heteroatoms. The second-order valence-electron chi connectivity index (χ2n) is 4.75. The van der Waals surface area contributed by atoms with E-state index in [4.69, 9.17) is 5.73 Å². The van der Waals surface area contributed by atoms with Gasteiger partial charge in [-0.1, -0.05) is 13.8 Å². The van der Waals surface area contributed by atoms with E-state index in [1.807, 2.05) is 0 Å². The molecule has 1 rings (SSSR count). The van der Waals surface area contributed by atoms with Crippen molar-refractivity contribution in [3.63, 3.8) is 0 Å². The largest absolute Gasteiger partial charge is 0.505 e. The maximum absolute atomic E-state index is 13.4. The first kappa shape index (κ1) is 14.3. The van der Waals surface area contributed by atoms with Gasteiger partial charge in [-0.3, -0.25) is 10.1 Å². The van der Waals surface area contributed by atoms with Crippen LogP contribution in [-0.2, 0) is 0 Å². The molecular formula is C11H15FN2O4. The van der Waals surface area contributed by atoms with E-state index < -0.39 is 33.6 Å². The van der Waals surface area contributed by atoms with Crippen LogP contribution in [0.2, 0.25) is 0 Å². The molecule has 0 bridgehead atoms. The molecule has 0 spiro atoms. The number of aliphatic hydroxyl groups is 1. The average Bonchev–Trinajstić information content (AvgIpc) is 2.31. The standard InChI is InChI=1S/C11H15FN2O4/c1-11(2,5-15)10(13)7-3-6(14(17)18)4-8(12)9(7)16/h3-4,10,15-16H,5,13H2,1-2H3/t10-/m0/s1. The summed E-state index contributed by atoms with van der Waals surface area (Å²) >= 11 is 0. The number of benzene rings is 1. The Morgan fingerprint density at radius 2 is 2.11 bits per heavy atom. The van der Waals surface area contributed by atoms with Crippen LogP contribution in [0.1, 0.15) is 25.5 Å². The van der Waals surface area contributed by atoms with Crippen molar-refractivity contribution < 1.29 is 19.5 Å². The van der Waals surface area contributed by atoms with Crippen molar-refractivity contribution in [3.05, 3.63) is 33.6 Å². The fourth-order valence-corrected chi connectivity index (χ4v) is 1.47. The lowest BCUT2D eigenvalue weighted by Gasteiger charge is -2.30. The minimum Gasteiger partial charge on any atom is -0.505 e. The molecule has 0 aliphatic heterocycles. The number of phenols is 1. The van der Waals surface area contributed by atoms with E-state index in [1.54, 1.807) is 13.8 Å². The first-order valence-corrected chi connectivity index (χ1v) is 5.24. The molecule has 0 saturated heterocycles. The van der Waals surface area contributed by atoms with Crippen molar-refractivity contribution >= 4 is 5.69 Å². The van der Waals surface area contributed by atoms with Crippen molar-refractivity contribution in [2.24, 2.45) is 11.1 Å². The van der Waals surface area contributed by atoms with E-state index in [9.17, 15) is 24.7 Å². The summed E-state index contributed by atoms with van der Waals surface area (Å²) in [4.78, 5) is 9.85. The first-order chi connectivity index (χ1) is 8.20. The van der Waals surface area contributed by atoms with E-state index in [1.165, 1.54) is 0 Å². The molecular weight excluding hydrogens is 243 g/mol. The number of rotatable bonds is 4. The molecule has 100 valence electrons. The predicted octanol–water partition coefficient (Wildman–Crippen LogP) is 1.46. The molecule has 1 aromatic carbocycles. The third-order valence-electron chi connectivity index (χ3n) is 2.87. The molecule has 4 N–H and O–H groups in total. The van der Waals surface area contributed by atoms with Crippen LogP contribution in [0.5, 0.6) is 5.75 Å². The highest BCUT2D eigenvalue weighted by molar-refractivity contribution is 5.46. The Kier molecular flexibility index (Phi) is 3.88. The van der Waals surface area contributed by atoms with Gasteiger partial charge in [-0.05, 0) is 0 Å². The minimum absolute atomic E-state index is 0.0965. The zero-order valence-corrected chi connectivity index (χ0v) is 10.1. The normalized spacial score (nSPS) is 13.4. The fraction of sp³-hybridized carbons (Fsp3) is 0.455. The monoisotopic (exact) mass is 258 g/mol. The van der Waals surface area contributed by atoms with Crippen LogP contribution < -0.4 is 5.73 Å². The first-order valence-electron chi connectivity index (χ1n) is 5.24. The van der Waals surface area contributed by atoms with Gasteiger partial charge in [-0.15, -0.1) is 0 Å². The molecule has 1 aromatic rings. The quantitative estimate of drug-likeness (QED) is 0.559. The van der Waals surface area contributed by atoms with Crippen LogP contribution in [0.3, 0.4) is 0 Å². The highest BCUT2D eigenvalue weighted by Gasteiger charge is 2.31. The molecule has 0 aromatic heterocycles. The topological polar surface area (TPSA) is 110 Å². The Morgan fingerprint density at radius 3 is 2.56 bits per heavy atom. The van der Waals surface area contributed by atoms with Gasteiger partial charge >= 0.3 is 0 Å². The highest BCUT2D eigenvalue weighted by Crippen LogP contribution is 2.38. The Hall–Kier alpha value is -1.73. The van der Waals surface area contributed by atoms with Crippen molar-refractivity contribution in [1.82, 2.24) is 0 Å². The second kappa shape index (κ2) is 4.87. The molecule has 6 nitrogen and oxygen atoms in total. The number of aromatic hydroxyl groups is 1. The third kappa shape index (κ3) is 2.57. The molecule has 0 heterocycles. The van der Waals surface area contributed by atoms with Crippen LogP contribution in [-0.4, -0.2) is 21.7 Å². The number of nitrogens with two attached hydrogens (primary N) is 1. The van der Waals surface area contributed by atoms with Gasteiger partial charge in [0.05, 0.1) is 11.0 Å². The summed E-state index contributed by atoms with van der Waals surface area (Å²) < 4.78 is 13.4. The SMILES string of the molecule is CC(C)(CO)[C@@H](N)c1cc([N+](=O)[O-])cc(F)c1O. The Balaban J connectivity index is 3.35. The summed E-state index contributed by atoms with van der Waals surface area (Å²) in [7, 11) is 0. The number of nitro benzene ring substituents is 1. The van der Waals surface area contributed by atoms with Gasteiger partial charge in [0.1, 0.15) is 0 Å². The number of nitrogens with zero attached hydrogens (tertiary/aromatic N) is 1. The molecule has 1 atom stereocenters. The van der Waals surface area contributed by atoms with Crippen LogP contribution in [0.25, 0.3) is 0 Å². The van der Waals surface area contributed by atoms with E-state index in [0.717, 1.165) is 6.07 Å². The predicted molar refractivity (Wildman–Crippen MR) is 62.5 cm³/mol. The highest BCUT2D eigenvalue weighted by atomic mass is 19.1. The zero-order valence-electron chi connectivity index (χ0n) is 10.1. The lowest BCUT2D eigenvalue weighted by Crippen LogP contribution is -2.32. The van der Waals surface area contributed by atoms with Crippen LogP contribution >= 0.6 is 0 Å². The van der Waals surface area contributed by atoms with Gasteiger partial charge in [-0.2, -0.15) is 0 Å². The van der Waals surface area contributed by atoms with Crippen molar-refractivity contribution in [2.45, 2.75) is 19.9 Å². The summed E-state index contributed by atoms with van der Waals surface area (Å²) in [5.41, 5.74) is 4.37. The number of hydrogen-bond acceptors (Lipinski definition) is 5. The molecule has 0 amide bonds. The van der Waals surface area contributed by atoms with E-state index in [0.29, 0.717) is 6.07 Å². The van der Waals surface area contributed by atoms with Gasteiger partial charge in [0.15, 0.2) is 11.6 Å². The lowest BCUT2D eigenvalue weighted by atomic mass is 9.81. The van der Waals surface area contributed by atoms with Gasteiger partial charge in [0, 0.05) is 29.7 Å². The summed E-state index contributed by atoms with van der Waals surface area (Å²) in [6.07, 6.45) is 0. The van der Waals surface area contributed by atoms with Gasteiger partial charge < -0.3 is 15.9 Å². The van der Waals surface area contributed by atoms with Gasteiger partial charge in [-0.25, -0.2) is 4.39 Å². The lowest BCUT2D eigenvalue weighted by molar-refractivity contribution is -0.385. The van der Waals surface area contributed by atoms with E-state index >= 15 is 0 Å². The molecule has 0 unspecified atom stereocenters. The Labute approximate surface area is 103 Å². The minimum atomic E-state index is -1.11. The van der Waals surface area contributed by atoms with Crippen molar-refractivity contribution in [2.75, 3.05) is 6.61 Å². The molecule has 0 aliphatic carbocycles. The number of halogens is 1. The number of phenolic OH excluding ortho intramolecular Hbond substituents is 1. The van der Waals surface area contributed by atoms with Crippen LogP contribution in [0.15, 0.2) is 12.1 Å². The third-order valence-corrected chi connectivity index (χ3v) is 2.87. The number of non-ortho nitro benzene ring substituents is 1. The molecule has 0 saturated carbocycles. The van der Waals surface area contributed by atoms with Crippen LogP contribution in [0.4, 0.5) is 10.1 Å². The van der Waals surface area contributed by atoms with E-state index in [2.05, 4.69) is 0 Å². The molecule has 18 heavy (non-hydrogen) atoms. The molecule has 0 fully saturated rings. The Bertz CT molecular complexity index is 476. The van der Waals surface area contributed by atoms with Gasteiger partial charge in [0.25, 0.3) is 5.69 Å².